The second-order valence-corrected chi connectivity index (χ2v) is 6.11. The molecule has 0 spiro atoms. The summed E-state index contributed by atoms with van der Waals surface area (Å²) < 4.78 is 6.73. The number of amides is 1. The highest BCUT2D eigenvalue weighted by atomic mass is 16.5. The van der Waals surface area contributed by atoms with Crippen molar-refractivity contribution in [2.75, 3.05) is 0 Å². The van der Waals surface area contributed by atoms with Gasteiger partial charge in [-0.05, 0) is 44.2 Å². The summed E-state index contributed by atoms with van der Waals surface area (Å²) in [6, 6.07) is 8.78. The van der Waals surface area contributed by atoms with Crippen LogP contribution in [0.3, 0.4) is 0 Å². The van der Waals surface area contributed by atoms with Gasteiger partial charge in [-0.25, -0.2) is 0 Å². The number of carbonyl (C=O) groups is 1. The third-order valence-corrected chi connectivity index (χ3v) is 3.87. The summed E-state index contributed by atoms with van der Waals surface area (Å²) in [5, 5.41) is 18.7. The second-order valence-electron chi connectivity index (χ2n) is 6.11. The van der Waals surface area contributed by atoms with Gasteiger partial charge in [0, 0.05) is 12.6 Å². The normalized spacial score (nSPS) is 11.1. The predicted molar refractivity (Wildman–Crippen MR) is 96.2 cm³/mol. The number of fused-ring (bicyclic) bond motifs is 1. The summed E-state index contributed by atoms with van der Waals surface area (Å²) in [5.41, 5.74) is 5.39. The number of nitrogens with two attached hydrogens (primary N) is 1. The van der Waals surface area contributed by atoms with Crippen LogP contribution in [-0.4, -0.2) is 31.9 Å². The van der Waals surface area contributed by atoms with Gasteiger partial charge in [-0.1, -0.05) is 0 Å². The van der Waals surface area contributed by atoms with Crippen molar-refractivity contribution in [2.24, 2.45) is 12.8 Å². The number of rotatable bonds is 4. The third kappa shape index (κ3) is 2.97. The van der Waals surface area contributed by atoms with Crippen molar-refractivity contribution in [1.29, 1.82) is 0 Å². The van der Waals surface area contributed by atoms with Crippen molar-refractivity contribution in [3.63, 3.8) is 0 Å². The molecule has 0 atom stereocenters. The van der Waals surface area contributed by atoms with Gasteiger partial charge in [-0.15, -0.1) is 10.2 Å². The number of benzene rings is 1. The lowest BCUT2D eigenvalue weighted by Crippen LogP contribution is -2.29. The van der Waals surface area contributed by atoms with Crippen molar-refractivity contribution in [2.45, 2.75) is 20.0 Å². The van der Waals surface area contributed by atoms with Crippen LogP contribution in [0.1, 0.15) is 24.2 Å². The highest BCUT2D eigenvalue weighted by molar-refractivity contribution is 6.01. The van der Waals surface area contributed by atoms with E-state index in [-0.39, 0.29) is 17.1 Å². The van der Waals surface area contributed by atoms with Crippen molar-refractivity contribution in [3.05, 3.63) is 46.2 Å². The summed E-state index contributed by atoms with van der Waals surface area (Å²) in [5.74, 6) is -0.774. The van der Waals surface area contributed by atoms with Crippen LogP contribution >= 0.6 is 0 Å². The van der Waals surface area contributed by atoms with Gasteiger partial charge in [-0.2, -0.15) is 0 Å². The number of carbonyl (C=O) groups excluding carboxylic acids is 1. The molecule has 0 aliphatic heterocycles. The summed E-state index contributed by atoms with van der Waals surface area (Å²) in [6.07, 6.45) is 0.0618. The fourth-order valence-corrected chi connectivity index (χ4v) is 2.65. The van der Waals surface area contributed by atoms with Crippen molar-refractivity contribution in [3.8, 4) is 22.8 Å². The zero-order chi connectivity index (χ0) is 19.0. The summed E-state index contributed by atoms with van der Waals surface area (Å²) >= 11 is 0. The van der Waals surface area contributed by atoms with E-state index in [4.69, 9.17) is 10.5 Å². The predicted octanol–water partition coefficient (Wildman–Crippen LogP) is 1.59. The van der Waals surface area contributed by atoms with Crippen LogP contribution in [0.5, 0.6) is 11.5 Å². The van der Waals surface area contributed by atoms with Crippen LogP contribution in [0.25, 0.3) is 22.3 Å². The van der Waals surface area contributed by atoms with E-state index in [1.807, 2.05) is 26.0 Å². The minimum atomic E-state index is -1.00. The molecule has 0 unspecified atom stereocenters. The number of ether oxygens (including phenoxy) is 1. The van der Waals surface area contributed by atoms with Gasteiger partial charge >= 0.3 is 0 Å². The molecule has 3 aromatic rings. The van der Waals surface area contributed by atoms with Crippen LogP contribution in [0.2, 0.25) is 0 Å². The first kappa shape index (κ1) is 17.4. The molecule has 26 heavy (non-hydrogen) atoms. The zero-order valence-corrected chi connectivity index (χ0v) is 14.6. The molecule has 1 aromatic carbocycles. The Bertz CT molecular complexity index is 1060. The van der Waals surface area contributed by atoms with Crippen molar-refractivity contribution in [1.82, 2.24) is 14.8 Å². The van der Waals surface area contributed by atoms with E-state index in [1.54, 1.807) is 18.2 Å². The fraction of sp³-hybridized carbons (Fsp3) is 0.222. The van der Waals surface area contributed by atoms with Gasteiger partial charge in [0.25, 0.3) is 11.5 Å². The molecule has 3 rings (SSSR count). The van der Waals surface area contributed by atoms with E-state index in [1.165, 1.54) is 7.05 Å². The Morgan fingerprint density at radius 1 is 1.23 bits per heavy atom. The second kappa shape index (κ2) is 6.47. The highest BCUT2D eigenvalue weighted by Gasteiger charge is 2.20. The molecule has 8 heteroatoms. The summed E-state index contributed by atoms with van der Waals surface area (Å²) in [4.78, 5) is 23.7. The Kier molecular flexibility index (Phi) is 4.33. The first-order chi connectivity index (χ1) is 12.3. The Morgan fingerprint density at radius 2 is 1.88 bits per heavy atom. The number of hydrogen-bond acceptors (Lipinski definition) is 6. The molecule has 3 N–H and O–H groups in total. The maximum Gasteiger partial charge on any atom is 0.268 e. The molecule has 0 saturated carbocycles. The first-order valence-electron chi connectivity index (χ1n) is 7.96. The van der Waals surface area contributed by atoms with Crippen LogP contribution in [0.15, 0.2) is 35.1 Å². The lowest BCUT2D eigenvalue weighted by Gasteiger charge is -2.11. The molecular formula is C18H18N4O4. The average molecular weight is 354 g/mol. The largest absolute Gasteiger partial charge is 0.506 e. The molecule has 0 bridgehead atoms. The van der Waals surface area contributed by atoms with Gasteiger partial charge in [0.15, 0.2) is 5.65 Å². The molecule has 1 amide bonds. The van der Waals surface area contributed by atoms with E-state index in [9.17, 15) is 14.7 Å². The first-order valence-corrected chi connectivity index (χ1v) is 7.96. The Morgan fingerprint density at radius 3 is 2.46 bits per heavy atom. The van der Waals surface area contributed by atoms with Gasteiger partial charge in [0.2, 0.25) is 0 Å². The van der Waals surface area contributed by atoms with Crippen LogP contribution in [0.4, 0.5) is 0 Å². The molecule has 8 nitrogen and oxygen atoms in total. The van der Waals surface area contributed by atoms with Gasteiger partial charge in [0.1, 0.15) is 17.1 Å². The third-order valence-electron chi connectivity index (χ3n) is 3.87. The minimum Gasteiger partial charge on any atom is -0.506 e. The summed E-state index contributed by atoms with van der Waals surface area (Å²) in [6.45, 7) is 3.87. The SMILES string of the molecule is CC(C)Oc1ccc(-c2cc3c(O)c(C(N)=O)c(=O)n(C)c3nn2)cc1. The van der Waals surface area contributed by atoms with E-state index in [0.717, 1.165) is 15.9 Å². The topological polar surface area (TPSA) is 120 Å². The van der Waals surface area contributed by atoms with E-state index in [0.29, 0.717) is 5.69 Å². The van der Waals surface area contributed by atoms with Crippen LogP contribution in [-0.2, 0) is 7.05 Å². The highest BCUT2D eigenvalue weighted by Crippen LogP contribution is 2.28. The molecule has 134 valence electrons. The minimum absolute atomic E-state index is 0.0618. The molecule has 0 fully saturated rings. The number of primary amides is 1. The molecule has 2 aromatic heterocycles. The number of aromatic nitrogens is 3. The molecule has 2 heterocycles. The number of aryl methyl sites for hydroxylation is 1. The summed E-state index contributed by atoms with van der Waals surface area (Å²) in [7, 11) is 1.43. The lowest BCUT2D eigenvalue weighted by molar-refractivity contribution is 0.0996. The average Bonchev–Trinajstić information content (AvgIpc) is 2.59. The van der Waals surface area contributed by atoms with Crippen LogP contribution in [0, 0.1) is 0 Å². The van der Waals surface area contributed by atoms with Gasteiger partial charge in [-0.3, -0.25) is 14.2 Å². The molecule has 0 aliphatic carbocycles. The quantitative estimate of drug-likeness (QED) is 0.734. The zero-order valence-electron chi connectivity index (χ0n) is 14.6. The maximum absolute atomic E-state index is 12.1. The number of hydrogen-bond donors (Lipinski definition) is 2. The molecular weight excluding hydrogens is 336 g/mol. The van der Waals surface area contributed by atoms with Crippen LogP contribution < -0.4 is 16.0 Å². The number of nitrogens with zero attached hydrogens (tertiary/aromatic N) is 3. The lowest BCUT2D eigenvalue weighted by atomic mass is 10.1. The van der Waals surface area contributed by atoms with Crippen molar-refractivity contribution < 1.29 is 14.6 Å². The maximum atomic E-state index is 12.1. The molecule has 0 aliphatic rings. The van der Waals surface area contributed by atoms with Gasteiger partial charge < -0.3 is 15.6 Å². The van der Waals surface area contributed by atoms with E-state index in [2.05, 4.69) is 10.2 Å². The number of pyridine rings is 1. The van der Waals surface area contributed by atoms with Crippen molar-refractivity contribution >= 4 is 16.9 Å². The molecule has 0 saturated heterocycles. The Balaban J connectivity index is 2.15. The number of aromatic hydroxyl groups is 1. The monoisotopic (exact) mass is 354 g/mol. The fourth-order valence-electron chi connectivity index (χ4n) is 2.65. The standard InChI is InChI=1S/C18H18N4O4/c1-9(2)26-11-6-4-10(5-7-11)13-8-12-15(23)14(16(19)24)18(25)22(3)17(12)21-20-13/h4-9,23H,1-3H3,(H2,19,24). The smallest absolute Gasteiger partial charge is 0.268 e. The van der Waals surface area contributed by atoms with E-state index < -0.39 is 22.8 Å². The van der Waals surface area contributed by atoms with E-state index >= 15 is 0 Å². The van der Waals surface area contributed by atoms with Gasteiger partial charge in [0.05, 0.1) is 17.2 Å². The molecule has 0 radical (unpaired) electrons. The Hall–Kier alpha value is -3.42. The Labute approximate surface area is 148 Å².